The standard InChI is InChI=1S/C20H27NO5/c1-14(22)16-9-11-18(12-10-16)25-13-5-8-19(23)26-15(2)20(24)21-17-6-3-4-7-17/h9-12,15,17H,3-8,13H2,1-2H3,(H,21,24)/t15-/m1/s1. The van der Waals surface area contributed by atoms with E-state index in [9.17, 15) is 14.4 Å². The maximum atomic E-state index is 12.0. The molecule has 1 aromatic carbocycles. The van der Waals surface area contributed by atoms with Gasteiger partial charge in [0.1, 0.15) is 5.75 Å². The third-order valence-electron chi connectivity index (χ3n) is 4.43. The molecule has 1 aliphatic rings. The Morgan fingerprint density at radius 2 is 1.81 bits per heavy atom. The number of benzene rings is 1. The Balaban J connectivity index is 1.61. The average molecular weight is 361 g/mol. The van der Waals surface area contributed by atoms with Crippen molar-refractivity contribution in [3.63, 3.8) is 0 Å². The van der Waals surface area contributed by atoms with E-state index in [1.54, 1.807) is 31.2 Å². The lowest BCUT2D eigenvalue weighted by atomic mass is 10.1. The molecule has 0 spiro atoms. The van der Waals surface area contributed by atoms with Crippen LogP contribution < -0.4 is 10.1 Å². The van der Waals surface area contributed by atoms with Crippen LogP contribution in [-0.4, -0.2) is 36.4 Å². The molecule has 6 nitrogen and oxygen atoms in total. The first kappa shape index (κ1) is 19.9. The van der Waals surface area contributed by atoms with Crippen molar-refractivity contribution in [2.24, 2.45) is 0 Å². The van der Waals surface area contributed by atoms with E-state index in [2.05, 4.69) is 5.32 Å². The molecular formula is C20H27NO5. The van der Waals surface area contributed by atoms with Gasteiger partial charge in [-0.2, -0.15) is 0 Å². The van der Waals surface area contributed by atoms with Crippen LogP contribution in [0.2, 0.25) is 0 Å². The van der Waals surface area contributed by atoms with Crippen molar-refractivity contribution in [1.29, 1.82) is 0 Å². The number of ether oxygens (including phenoxy) is 2. The fourth-order valence-electron chi connectivity index (χ4n) is 2.89. The second-order valence-corrected chi connectivity index (χ2v) is 6.65. The second-order valence-electron chi connectivity index (χ2n) is 6.65. The van der Waals surface area contributed by atoms with Crippen molar-refractivity contribution in [2.45, 2.75) is 64.5 Å². The molecule has 1 aliphatic carbocycles. The Morgan fingerprint density at radius 3 is 2.42 bits per heavy atom. The molecule has 6 heteroatoms. The van der Waals surface area contributed by atoms with E-state index < -0.39 is 12.1 Å². The molecule has 142 valence electrons. The molecule has 26 heavy (non-hydrogen) atoms. The van der Waals surface area contributed by atoms with Crippen LogP contribution in [-0.2, 0) is 14.3 Å². The van der Waals surface area contributed by atoms with E-state index in [1.165, 1.54) is 6.92 Å². The van der Waals surface area contributed by atoms with Crippen LogP contribution in [0.4, 0.5) is 0 Å². The Kier molecular flexibility index (Phi) is 7.63. The van der Waals surface area contributed by atoms with Crippen molar-refractivity contribution < 1.29 is 23.9 Å². The fourth-order valence-corrected chi connectivity index (χ4v) is 2.89. The molecule has 0 saturated heterocycles. The number of Topliss-reactive ketones (excluding diaryl/α,β-unsaturated/α-hetero) is 1. The highest BCUT2D eigenvalue weighted by molar-refractivity contribution is 5.94. The summed E-state index contributed by atoms with van der Waals surface area (Å²) in [4.78, 5) is 35.0. The summed E-state index contributed by atoms with van der Waals surface area (Å²) in [6.45, 7) is 3.46. The van der Waals surface area contributed by atoms with E-state index in [1.807, 2.05) is 0 Å². The predicted octanol–water partition coefficient (Wildman–Crippen LogP) is 3.04. The Hall–Kier alpha value is -2.37. The third kappa shape index (κ3) is 6.50. The number of nitrogens with one attached hydrogen (secondary N) is 1. The monoisotopic (exact) mass is 361 g/mol. The normalized spacial score (nSPS) is 15.3. The molecule has 0 bridgehead atoms. The van der Waals surface area contributed by atoms with Gasteiger partial charge in [0, 0.05) is 18.0 Å². The van der Waals surface area contributed by atoms with E-state index >= 15 is 0 Å². The van der Waals surface area contributed by atoms with Crippen LogP contribution >= 0.6 is 0 Å². The maximum absolute atomic E-state index is 12.0. The summed E-state index contributed by atoms with van der Waals surface area (Å²) in [6, 6.07) is 7.08. The van der Waals surface area contributed by atoms with E-state index in [0.29, 0.717) is 24.3 Å². The smallest absolute Gasteiger partial charge is 0.306 e. The van der Waals surface area contributed by atoms with E-state index in [4.69, 9.17) is 9.47 Å². The third-order valence-corrected chi connectivity index (χ3v) is 4.43. The van der Waals surface area contributed by atoms with Gasteiger partial charge in [0.25, 0.3) is 5.91 Å². The minimum absolute atomic E-state index is 0.00498. The fraction of sp³-hybridized carbons (Fsp3) is 0.550. The minimum atomic E-state index is -0.775. The van der Waals surface area contributed by atoms with Crippen molar-refractivity contribution in [3.05, 3.63) is 29.8 Å². The van der Waals surface area contributed by atoms with Crippen molar-refractivity contribution in [2.75, 3.05) is 6.61 Å². The van der Waals surface area contributed by atoms with Gasteiger partial charge in [0.2, 0.25) is 0 Å². The van der Waals surface area contributed by atoms with Gasteiger partial charge >= 0.3 is 5.97 Å². The largest absolute Gasteiger partial charge is 0.494 e. The zero-order valence-corrected chi connectivity index (χ0v) is 15.5. The van der Waals surface area contributed by atoms with Gasteiger partial charge in [-0.25, -0.2) is 0 Å². The molecule has 1 saturated carbocycles. The molecule has 0 radical (unpaired) electrons. The first-order valence-corrected chi connectivity index (χ1v) is 9.19. The van der Waals surface area contributed by atoms with E-state index in [0.717, 1.165) is 25.7 Å². The summed E-state index contributed by atoms with van der Waals surface area (Å²) in [6.07, 6.45) is 4.17. The zero-order valence-electron chi connectivity index (χ0n) is 15.5. The maximum Gasteiger partial charge on any atom is 0.306 e. The van der Waals surface area contributed by atoms with Gasteiger partial charge in [0.15, 0.2) is 11.9 Å². The van der Waals surface area contributed by atoms with Crippen LogP contribution in [0.5, 0.6) is 5.75 Å². The second kappa shape index (κ2) is 9.94. The molecule has 1 atom stereocenters. The summed E-state index contributed by atoms with van der Waals surface area (Å²) in [5, 5.41) is 2.92. The summed E-state index contributed by atoms with van der Waals surface area (Å²) < 4.78 is 10.7. The highest BCUT2D eigenvalue weighted by atomic mass is 16.5. The molecule has 0 aliphatic heterocycles. The number of hydrogen-bond acceptors (Lipinski definition) is 5. The summed E-state index contributed by atoms with van der Waals surface area (Å²) in [5.74, 6) is 0.0136. The lowest BCUT2D eigenvalue weighted by molar-refractivity contribution is -0.155. The Bertz CT molecular complexity index is 620. The van der Waals surface area contributed by atoms with Gasteiger partial charge in [-0.05, 0) is 57.4 Å². The van der Waals surface area contributed by atoms with E-state index in [-0.39, 0.29) is 24.2 Å². The molecule has 1 aromatic rings. The summed E-state index contributed by atoms with van der Waals surface area (Å²) >= 11 is 0. The molecule has 1 fully saturated rings. The van der Waals surface area contributed by atoms with Crippen LogP contribution in [0.15, 0.2) is 24.3 Å². The first-order valence-electron chi connectivity index (χ1n) is 9.19. The number of carbonyl (C=O) groups is 3. The molecule has 0 heterocycles. The van der Waals surface area contributed by atoms with Crippen molar-refractivity contribution in [1.82, 2.24) is 5.32 Å². The van der Waals surface area contributed by atoms with Crippen molar-refractivity contribution >= 4 is 17.7 Å². The molecule has 0 aromatic heterocycles. The van der Waals surface area contributed by atoms with Gasteiger partial charge in [0.05, 0.1) is 6.61 Å². The SMILES string of the molecule is CC(=O)c1ccc(OCCCC(=O)O[C@H](C)C(=O)NC2CCCC2)cc1. The van der Waals surface area contributed by atoms with Gasteiger partial charge in [-0.3, -0.25) is 14.4 Å². The minimum Gasteiger partial charge on any atom is -0.494 e. The number of rotatable bonds is 9. The highest BCUT2D eigenvalue weighted by Crippen LogP contribution is 2.18. The quantitative estimate of drug-likeness (QED) is 0.415. The number of esters is 1. The molecule has 0 unspecified atom stereocenters. The van der Waals surface area contributed by atoms with Crippen LogP contribution in [0, 0.1) is 0 Å². The van der Waals surface area contributed by atoms with Crippen LogP contribution in [0.1, 0.15) is 62.7 Å². The zero-order chi connectivity index (χ0) is 18.9. The number of amides is 1. The Morgan fingerprint density at radius 1 is 1.15 bits per heavy atom. The number of hydrogen-bond donors (Lipinski definition) is 1. The van der Waals surface area contributed by atoms with Gasteiger partial charge < -0.3 is 14.8 Å². The highest BCUT2D eigenvalue weighted by Gasteiger charge is 2.22. The molecule has 2 rings (SSSR count). The van der Waals surface area contributed by atoms with Gasteiger partial charge in [-0.1, -0.05) is 12.8 Å². The number of ketones is 1. The van der Waals surface area contributed by atoms with Crippen LogP contribution in [0.25, 0.3) is 0 Å². The Labute approximate surface area is 154 Å². The topological polar surface area (TPSA) is 81.7 Å². The average Bonchev–Trinajstić information content (AvgIpc) is 3.12. The lowest BCUT2D eigenvalue weighted by Crippen LogP contribution is -2.40. The predicted molar refractivity (Wildman–Crippen MR) is 97.1 cm³/mol. The lowest BCUT2D eigenvalue weighted by Gasteiger charge is -2.17. The molecule has 1 N–H and O–H groups in total. The molecule has 1 amide bonds. The summed E-state index contributed by atoms with van der Waals surface area (Å²) in [7, 11) is 0. The number of carbonyl (C=O) groups excluding carboxylic acids is 3. The van der Waals surface area contributed by atoms with Gasteiger partial charge in [-0.15, -0.1) is 0 Å². The first-order chi connectivity index (χ1) is 12.5. The van der Waals surface area contributed by atoms with Crippen LogP contribution in [0.3, 0.4) is 0 Å². The van der Waals surface area contributed by atoms with Crippen molar-refractivity contribution in [3.8, 4) is 5.75 Å². The molecular weight excluding hydrogens is 334 g/mol. The summed E-state index contributed by atoms with van der Waals surface area (Å²) in [5.41, 5.74) is 0.630.